The van der Waals surface area contributed by atoms with Crippen LogP contribution in [0.1, 0.15) is 0 Å². The Labute approximate surface area is 47.6 Å². The van der Waals surface area contributed by atoms with Gasteiger partial charge in [0.05, 0.1) is 6.20 Å². The van der Waals surface area contributed by atoms with Crippen molar-refractivity contribution in [1.29, 1.82) is 0 Å². The Morgan fingerprint density at radius 3 is 3.25 bits per heavy atom. The second-order valence-electron chi connectivity index (χ2n) is 1.38. The minimum Gasteiger partial charge on any atom is -0.395 e. The first kappa shape index (κ1) is 5.40. The van der Waals surface area contributed by atoms with E-state index < -0.39 is 0 Å². The highest BCUT2D eigenvalue weighted by Crippen LogP contribution is 1.91. The molecule has 0 aromatic heterocycles. The summed E-state index contributed by atoms with van der Waals surface area (Å²) < 4.78 is 4.76. The molecule has 4 heteroatoms. The van der Waals surface area contributed by atoms with Crippen molar-refractivity contribution >= 4 is 0 Å². The maximum Gasteiger partial charge on any atom is 0.135 e. The zero-order chi connectivity index (χ0) is 5.82. The SMILES string of the molecule is COCN1C=CON1. The molecule has 0 aliphatic carbocycles. The third-order valence-electron chi connectivity index (χ3n) is 0.747. The fraction of sp³-hybridized carbons (Fsp3) is 0.500. The lowest BCUT2D eigenvalue weighted by atomic mass is 10.9. The summed E-state index contributed by atoms with van der Waals surface area (Å²) >= 11 is 0. The van der Waals surface area contributed by atoms with E-state index >= 15 is 0 Å². The third kappa shape index (κ3) is 1.11. The van der Waals surface area contributed by atoms with Crippen molar-refractivity contribution in [1.82, 2.24) is 10.6 Å². The Bertz CT molecular complexity index is 94.0. The van der Waals surface area contributed by atoms with Crippen LogP contribution in [0.3, 0.4) is 0 Å². The van der Waals surface area contributed by atoms with Crippen molar-refractivity contribution in [3.63, 3.8) is 0 Å². The number of hydrogen-bond donors (Lipinski definition) is 1. The molecule has 1 aliphatic rings. The molecular formula is C4H8N2O2. The fourth-order valence-corrected chi connectivity index (χ4v) is 0.441. The van der Waals surface area contributed by atoms with E-state index in [-0.39, 0.29) is 0 Å². The normalized spacial score (nSPS) is 16.9. The Morgan fingerprint density at radius 1 is 1.88 bits per heavy atom. The number of methoxy groups -OCH3 is 1. The summed E-state index contributed by atoms with van der Waals surface area (Å²) in [6.07, 6.45) is 3.28. The molecule has 0 unspecified atom stereocenters. The summed E-state index contributed by atoms with van der Waals surface area (Å²) in [5.41, 5.74) is 2.55. The largest absolute Gasteiger partial charge is 0.395 e. The van der Waals surface area contributed by atoms with Crippen molar-refractivity contribution in [2.45, 2.75) is 0 Å². The summed E-state index contributed by atoms with van der Waals surface area (Å²) in [5, 5.41) is 1.67. The minimum atomic E-state index is 0.497. The topological polar surface area (TPSA) is 33.7 Å². The minimum absolute atomic E-state index is 0.497. The van der Waals surface area contributed by atoms with Crippen molar-refractivity contribution in [2.24, 2.45) is 0 Å². The number of nitrogens with one attached hydrogen (secondary N) is 1. The van der Waals surface area contributed by atoms with Crippen LogP contribution in [0.25, 0.3) is 0 Å². The first-order valence-corrected chi connectivity index (χ1v) is 2.27. The maximum absolute atomic E-state index is 4.76. The lowest BCUT2D eigenvalue weighted by Crippen LogP contribution is -2.29. The monoisotopic (exact) mass is 116 g/mol. The number of ether oxygens (including phenoxy) is 1. The van der Waals surface area contributed by atoms with Crippen LogP contribution in [0.5, 0.6) is 0 Å². The lowest BCUT2D eigenvalue weighted by Gasteiger charge is -2.10. The molecule has 0 atom stereocenters. The van der Waals surface area contributed by atoms with Crippen LogP contribution in [0.2, 0.25) is 0 Å². The van der Waals surface area contributed by atoms with Crippen LogP contribution >= 0.6 is 0 Å². The molecule has 0 aromatic rings. The Kier molecular flexibility index (Phi) is 1.71. The number of hydrazine groups is 1. The van der Waals surface area contributed by atoms with Crippen molar-refractivity contribution in [3.8, 4) is 0 Å². The summed E-state index contributed by atoms with van der Waals surface area (Å²) in [6.45, 7) is 0.497. The molecule has 0 bridgehead atoms. The van der Waals surface area contributed by atoms with Gasteiger partial charge in [-0.2, -0.15) is 0 Å². The smallest absolute Gasteiger partial charge is 0.135 e. The summed E-state index contributed by atoms with van der Waals surface area (Å²) in [4.78, 5) is 4.62. The van der Waals surface area contributed by atoms with Gasteiger partial charge < -0.3 is 9.57 Å². The van der Waals surface area contributed by atoms with Gasteiger partial charge in [0.2, 0.25) is 0 Å². The summed E-state index contributed by atoms with van der Waals surface area (Å²) in [5.74, 6) is 0. The average Bonchev–Trinajstić information content (AvgIpc) is 2.19. The maximum atomic E-state index is 4.76. The van der Waals surface area contributed by atoms with Crippen LogP contribution in [-0.4, -0.2) is 18.8 Å². The van der Waals surface area contributed by atoms with Gasteiger partial charge in [0.1, 0.15) is 13.0 Å². The molecule has 1 rings (SSSR count). The van der Waals surface area contributed by atoms with Gasteiger partial charge in [-0.3, -0.25) is 5.01 Å². The number of nitrogens with zero attached hydrogens (tertiary/aromatic N) is 1. The van der Waals surface area contributed by atoms with Crippen LogP contribution in [0.4, 0.5) is 0 Å². The molecular weight excluding hydrogens is 108 g/mol. The molecule has 0 spiro atoms. The molecule has 1 N–H and O–H groups in total. The molecule has 4 nitrogen and oxygen atoms in total. The first-order valence-electron chi connectivity index (χ1n) is 2.27. The van der Waals surface area contributed by atoms with Gasteiger partial charge in [0.25, 0.3) is 0 Å². The van der Waals surface area contributed by atoms with E-state index in [1.165, 1.54) is 0 Å². The zero-order valence-corrected chi connectivity index (χ0v) is 4.63. The van der Waals surface area contributed by atoms with E-state index in [0.717, 1.165) is 0 Å². The highest BCUT2D eigenvalue weighted by atomic mass is 16.7. The van der Waals surface area contributed by atoms with Crippen molar-refractivity contribution in [2.75, 3.05) is 13.8 Å². The Balaban J connectivity index is 2.16. The van der Waals surface area contributed by atoms with Crippen LogP contribution in [-0.2, 0) is 9.57 Å². The summed E-state index contributed by atoms with van der Waals surface area (Å²) in [6, 6.07) is 0. The van der Waals surface area contributed by atoms with Gasteiger partial charge in [-0.05, 0) is 0 Å². The van der Waals surface area contributed by atoms with E-state index in [4.69, 9.17) is 4.74 Å². The number of rotatable bonds is 2. The van der Waals surface area contributed by atoms with Gasteiger partial charge >= 0.3 is 0 Å². The average molecular weight is 116 g/mol. The zero-order valence-electron chi connectivity index (χ0n) is 4.63. The van der Waals surface area contributed by atoms with E-state index in [9.17, 15) is 0 Å². The highest BCUT2D eigenvalue weighted by Gasteiger charge is 2.00. The van der Waals surface area contributed by atoms with E-state index in [2.05, 4.69) is 10.4 Å². The van der Waals surface area contributed by atoms with Gasteiger partial charge in [0, 0.05) is 7.11 Å². The van der Waals surface area contributed by atoms with E-state index in [0.29, 0.717) is 6.73 Å². The highest BCUT2D eigenvalue weighted by molar-refractivity contribution is 4.73. The molecule has 0 aromatic carbocycles. The third-order valence-corrected chi connectivity index (χ3v) is 0.747. The molecule has 1 aliphatic heterocycles. The predicted octanol–water partition coefficient (Wildman–Crippen LogP) is -0.187. The fourth-order valence-electron chi connectivity index (χ4n) is 0.441. The predicted molar refractivity (Wildman–Crippen MR) is 27.1 cm³/mol. The van der Waals surface area contributed by atoms with Crippen molar-refractivity contribution < 1.29 is 9.57 Å². The van der Waals surface area contributed by atoms with Gasteiger partial charge in [-0.25, -0.2) is 0 Å². The molecule has 0 saturated carbocycles. The molecule has 0 radical (unpaired) electrons. The van der Waals surface area contributed by atoms with E-state index in [1.54, 1.807) is 24.6 Å². The van der Waals surface area contributed by atoms with E-state index in [1.807, 2.05) is 0 Å². The Morgan fingerprint density at radius 2 is 2.75 bits per heavy atom. The molecule has 1 heterocycles. The molecule has 8 heavy (non-hydrogen) atoms. The van der Waals surface area contributed by atoms with Gasteiger partial charge in [0.15, 0.2) is 0 Å². The summed E-state index contributed by atoms with van der Waals surface area (Å²) in [7, 11) is 1.62. The molecule has 0 saturated heterocycles. The van der Waals surface area contributed by atoms with Crippen LogP contribution in [0.15, 0.2) is 12.5 Å². The quantitative estimate of drug-likeness (QED) is 0.542. The molecule has 46 valence electrons. The Hall–Kier alpha value is -0.740. The van der Waals surface area contributed by atoms with Crippen LogP contribution in [0, 0.1) is 0 Å². The second-order valence-corrected chi connectivity index (χ2v) is 1.38. The standard InChI is InChI=1S/C4H8N2O2/c1-7-4-6-2-3-8-5-6/h2-3,5H,4H2,1H3. The molecule has 0 fully saturated rings. The van der Waals surface area contributed by atoms with Crippen molar-refractivity contribution in [3.05, 3.63) is 12.5 Å². The first-order chi connectivity index (χ1) is 3.93. The number of hydrogen-bond acceptors (Lipinski definition) is 4. The van der Waals surface area contributed by atoms with Crippen LogP contribution < -0.4 is 5.59 Å². The second kappa shape index (κ2) is 2.54. The molecule has 0 amide bonds. The lowest BCUT2D eigenvalue weighted by molar-refractivity contribution is -0.0269. The van der Waals surface area contributed by atoms with Gasteiger partial charge in [-0.1, -0.05) is 5.59 Å². The van der Waals surface area contributed by atoms with Gasteiger partial charge in [-0.15, -0.1) is 0 Å².